The van der Waals surface area contributed by atoms with Crippen LogP contribution < -0.4 is 15.8 Å². The number of halogens is 1. The van der Waals surface area contributed by atoms with Crippen LogP contribution in [-0.2, 0) is 14.8 Å². The summed E-state index contributed by atoms with van der Waals surface area (Å²) < 4.78 is 39.6. The van der Waals surface area contributed by atoms with E-state index >= 15 is 0 Å². The van der Waals surface area contributed by atoms with Crippen molar-refractivity contribution >= 4 is 21.6 Å². The molecule has 0 saturated carbocycles. The molecule has 1 saturated heterocycles. The number of nitrogen functional groups attached to an aromatic ring is 1. The monoisotopic (exact) mass is 287 g/mol. The molecular weight excluding hydrogens is 273 g/mol. The van der Waals surface area contributed by atoms with Crippen molar-refractivity contribution in [2.24, 2.45) is 0 Å². The molecule has 1 amide bonds. The third-order valence-electron chi connectivity index (χ3n) is 2.85. The quantitative estimate of drug-likeness (QED) is 0.677. The first-order valence-corrected chi connectivity index (χ1v) is 7.21. The summed E-state index contributed by atoms with van der Waals surface area (Å²) in [5.41, 5.74) is 5.51. The second kappa shape index (κ2) is 5.14. The fourth-order valence-electron chi connectivity index (χ4n) is 1.85. The fourth-order valence-corrected chi connectivity index (χ4v) is 2.99. The number of hydrogen-bond acceptors (Lipinski definition) is 4. The van der Waals surface area contributed by atoms with Gasteiger partial charge in [-0.05, 0) is 24.6 Å². The van der Waals surface area contributed by atoms with Gasteiger partial charge in [0.15, 0.2) is 0 Å². The van der Waals surface area contributed by atoms with E-state index in [1.165, 1.54) is 6.07 Å². The number of hydrogen-bond donors (Lipinski definition) is 3. The third kappa shape index (κ3) is 3.21. The molecular formula is C11H14FN3O3S. The Kier molecular flexibility index (Phi) is 3.72. The van der Waals surface area contributed by atoms with Gasteiger partial charge in [-0.15, -0.1) is 0 Å². The second-order valence-corrected chi connectivity index (χ2v) is 6.08. The lowest BCUT2D eigenvalue weighted by Crippen LogP contribution is -2.38. The number of carbonyl (C=O) groups is 1. The Hall–Kier alpha value is -1.67. The number of sulfonamides is 1. The smallest absolute Gasteiger partial charge is 0.243 e. The minimum absolute atomic E-state index is 0.0396. The van der Waals surface area contributed by atoms with Crippen molar-refractivity contribution in [1.29, 1.82) is 0 Å². The summed E-state index contributed by atoms with van der Waals surface area (Å²) >= 11 is 0. The molecule has 19 heavy (non-hydrogen) atoms. The Morgan fingerprint density at radius 3 is 2.79 bits per heavy atom. The fraction of sp³-hybridized carbons (Fsp3) is 0.364. The lowest BCUT2D eigenvalue weighted by Gasteiger charge is -2.12. The molecule has 1 atom stereocenters. The maximum atomic E-state index is 13.5. The summed E-state index contributed by atoms with van der Waals surface area (Å²) in [7, 11) is -3.94. The molecule has 1 aromatic carbocycles. The summed E-state index contributed by atoms with van der Waals surface area (Å²) in [5, 5.41) is 2.62. The number of benzene rings is 1. The number of anilines is 1. The first-order chi connectivity index (χ1) is 8.88. The molecule has 0 aromatic heterocycles. The number of rotatable bonds is 4. The summed E-state index contributed by atoms with van der Waals surface area (Å²) in [6.45, 7) is 0.0396. The largest absolute Gasteiger partial charge is 0.399 e. The van der Waals surface area contributed by atoms with E-state index < -0.39 is 20.7 Å². The first-order valence-electron chi connectivity index (χ1n) is 5.72. The molecule has 1 aromatic rings. The van der Waals surface area contributed by atoms with E-state index in [9.17, 15) is 17.6 Å². The molecule has 1 aliphatic heterocycles. The Balaban J connectivity index is 2.07. The summed E-state index contributed by atoms with van der Waals surface area (Å²) in [5.74, 6) is -1.01. The lowest BCUT2D eigenvalue weighted by atomic mass is 10.2. The van der Waals surface area contributed by atoms with E-state index in [2.05, 4.69) is 10.0 Å². The number of amides is 1. The molecule has 2 rings (SSSR count). The maximum Gasteiger partial charge on any atom is 0.243 e. The predicted molar refractivity (Wildman–Crippen MR) is 67.2 cm³/mol. The molecule has 0 aliphatic carbocycles. The predicted octanol–water partition coefficient (Wildman–Crippen LogP) is -0.0352. The standard InChI is InChI=1S/C11H14FN3O3S/c12-9-5-7(13)1-3-10(9)19(17,18)14-6-8-2-4-11(16)15-8/h1,3,5,8,14H,2,4,6,13H2,(H,15,16). The third-order valence-corrected chi connectivity index (χ3v) is 4.31. The van der Waals surface area contributed by atoms with E-state index in [-0.39, 0.29) is 24.2 Å². The van der Waals surface area contributed by atoms with Gasteiger partial charge in [-0.25, -0.2) is 17.5 Å². The second-order valence-electron chi connectivity index (χ2n) is 4.34. The van der Waals surface area contributed by atoms with Crippen molar-refractivity contribution in [3.63, 3.8) is 0 Å². The number of nitrogens with one attached hydrogen (secondary N) is 2. The highest BCUT2D eigenvalue weighted by Crippen LogP contribution is 2.17. The zero-order chi connectivity index (χ0) is 14.0. The summed E-state index contributed by atoms with van der Waals surface area (Å²) in [6.07, 6.45) is 0.939. The Morgan fingerprint density at radius 1 is 1.47 bits per heavy atom. The molecule has 8 heteroatoms. The van der Waals surface area contributed by atoms with Crippen LogP contribution >= 0.6 is 0 Å². The average molecular weight is 287 g/mol. The van der Waals surface area contributed by atoms with E-state index in [0.717, 1.165) is 12.1 Å². The zero-order valence-electron chi connectivity index (χ0n) is 10.0. The minimum Gasteiger partial charge on any atom is -0.399 e. The van der Waals surface area contributed by atoms with Gasteiger partial charge in [-0.2, -0.15) is 0 Å². The maximum absolute atomic E-state index is 13.5. The average Bonchev–Trinajstić information content (AvgIpc) is 2.72. The van der Waals surface area contributed by atoms with Crippen LogP contribution in [0.15, 0.2) is 23.1 Å². The highest BCUT2D eigenvalue weighted by molar-refractivity contribution is 7.89. The number of carbonyl (C=O) groups excluding carboxylic acids is 1. The Bertz CT molecular complexity index is 603. The zero-order valence-corrected chi connectivity index (χ0v) is 10.8. The van der Waals surface area contributed by atoms with Gasteiger partial charge < -0.3 is 11.1 Å². The van der Waals surface area contributed by atoms with Crippen LogP contribution in [0.2, 0.25) is 0 Å². The molecule has 0 spiro atoms. The van der Waals surface area contributed by atoms with Gasteiger partial charge in [-0.3, -0.25) is 4.79 Å². The normalized spacial score (nSPS) is 19.4. The lowest BCUT2D eigenvalue weighted by molar-refractivity contribution is -0.119. The summed E-state index contributed by atoms with van der Waals surface area (Å²) in [6, 6.07) is 3.13. The molecule has 6 nitrogen and oxygen atoms in total. The minimum atomic E-state index is -3.94. The molecule has 1 fully saturated rings. The highest BCUT2D eigenvalue weighted by Gasteiger charge is 2.24. The van der Waals surface area contributed by atoms with Crippen molar-refractivity contribution in [3.05, 3.63) is 24.0 Å². The molecule has 0 bridgehead atoms. The summed E-state index contributed by atoms with van der Waals surface area (Å²) in [4.78, 5) is 10.5. The van der Waals surface area contributed by atoms with Crippen LogP contribution in [0.5, 0.6) is 0 Å². The van der Waals surface area contributed by atoms with Crippen LogP contribution in [0.1, 0.15) is 12.8 Å². The first kappa shape index (κ1) is 13.8. The highest BCUT2D eigenvalue weighted by atomic mass is 32.2. The van der Waals surface area contributed by atoms with Crippen LogP contribution in [0.3, 0.4) is 0 Å². The van der Waals surface area contributed by atoms with Crippen molar-refractivity contribution in [2.75, 3.05) is 12.3 Å². The van der Waals surface area contributed by atoms with E-state index in [4.69, 9.17) is 5.73 Å². The van der Waals surface area contributed by atoms with Crippen LogP contribution in [0.25, 0.3) is 0 Å². The number of nitrogens with two attached hydrogens (primary N) is 1. The van der Waals surface area contributed by atoms with Gasteiger partial charge in [0.2, 0.25) is 15.9 Å². The Morgan fingerprint density at radius 2 is 2.21 bits per heavy atom. The molecule has 1 heterocycles. The van der Waals surface area contributed by atoms with E-state index in [1.807, 2.05) is 0 Å². The van der Waals surface area contributed by atoms with Gasteiger partial charge in [0, 0.05) is 24.7 Å². The van der Waals surface area contributed by atoms with Gasteiger partial charge in [0.05, 0.1) is 0 Å². The van der Waals surface area contributed by atoms with Crippen molar-refractivity contribution < 1.29 is 17.6 Å². The topological polar surface area (TPSA) is 101 Å². The van der Waals surface area contributed by atoms with Gasteiger partial charge >= 0.3 is 0 Å². The van der Waals surface area contributed by atoms with Crippen LogP contribution in [-0.4, -0.2) is 26.9 Å². The van der Waals surface area contributed by atoms with Crippen LogP contribution in [0, 0.1) is 5.82 Å². The van der Waals surface area contributed by atoms with E-state index in [0.29, 0.717) is 12.8 Å². The van der Waals surface area contributed by atoms with Crippen molar-refractivity contribution in [3.8, 4) is 0 Å². The van der Waals surface area contributed by atoms with Gasteiger partial charge in [0.1, 0.15) is 10.7 Å². The van der Waals surface area contributed by atoms with Crippen LogP contribution in [0.4, 0.5) is 10.1 Å². The SMILES string of the molecule is Nc1ccc(S(=O)(=O)NCC2CCC(=O)N2)c(F)c1. The molecule has 1 unspecified atom stereocenters. The van der Waals surface area contributed by atoms with E-state index in [1.54, 1.807) is 0 Å². The van der Waals surface area contributed by atoms with Crippen molar-refractivity contribution in [1.82, 2.24) is 10.0 Å². The van der Waals surface area contributed by atoms with Gasteiger partial charge in [0.25, 0.3) is 0 Å². The Labute approximate surface area is 110 Å². The molecule has 104 valence electrons. The van der Waals surface area contributed by atoms with Crippen molar-refractivity contribution in [2.45, 2.75) is 23.8 Å². The van der Waals surface area contributed by atoms with Gasteiger partial charge in [-0.1, -0.05) is 0 Å². The molecule has 0 radical (unpaired) electrons. The molecule has 1 aliphatic rings. The molecule has 4 N–H and O–H groups in total.